The van der Waals surface area contributed by atoms with E-state index in [0.717, 1.165) is 23.5 Å². The van der Waals surface area contributed by atoms with E-state index in [1.165, 1.54) is 44.6 Å². The third kappa shape index (κ3) is 3.82. The van der Waals surface area contributed by atoms with Crippen LogP contribution in [-0.4, -0.2) is 48.6 Å². The topological polar surface area (TPSA) is 32.5 Å². The molecule has 1 aromatic carbocycles. The summed E-state index contributed by atoms with van der Waals surface area (Å²) in [5, 5.41) is 0. The molecule has 1 saturated heterocycles. The minimum atomic E-state index is 0.157. The Hall–Kier alpha value is -0.420. The summed E-state index contributed by atoms with van der Waals surface area (Å²) in [5.41, 5.74) is 7.54. The number of nitrogens with two attached hydrogens (primary N) is 1. The number of rotatable bonds is 5. The summed E-state index contributed by atoms with van der Waals surface area (Å²) in [6.07, 6.45) is 3.90. The quantitative estimate of drug-likeness (QED) is 0.896. The van der Waals surface area contributed by atoms with E-state index >= 15 is 0 Å². The summed E-state index contributed by atoms with van der Waals surface area (Å²) in [5.74, 6) is 0. The van der Waals surface area contributed by atoms with Crippen LogP contribution in [0.15, 0.2) is 28.7 Å². The van der Waals surface area contributed by atoms with Gasteiger partial charge in [-0.2, -0.15) is 0 Å². The normalized spacial score (nSPS) is 22.9. The predicted molar refractivity (Wildman–Crippen MR) is 86.7 cm³/mol. The Morgan fingerprint density at radius 3 is 2.35 bits per heavy atom. The van der Waals surface area contributed by atoms with Gasteiger partial charge >= 0.3 is 0 Å². The van der Waals surface area contributed by atoms with Gasteiger partial charge in [-0.05, 0) is 37.0 Å². The summed E-state index contributed by atoms with van der Waals surface area (Å²) in [6, 6.07) is 9.47. The van der Waals surface area contributed by atoms with Crippen LogP contribution in [0, 0.1) is 0 Å². The van der Waals surface area contributed by atoms with Gasteiger partial charge in [0.1, 0.15) is 0 Å². The van der Waals surface area contributed by atoms with Crippen LogP contribution < -0.4 is 5.73 Å². The highest BCUT2D eigenvalue weighted by atomic mass is 79.9. The fourth-order valence-corrected chi connectivity index (χ4v) is 3.25. The van der Waals surface area contributed by atoms with E-state index in [2.05, 4.69) is 50.0 Å². The van der Waals surface area contributed by atoms with E-state index in [0.29, 0.717) is 0 Å². The van der Waals surface area contributed by atoms with Crippen molar-refractivity contribution in [3.63, 3.8) is 0 Å². The standard InChI is InChI=1S/C16H24BrN3/c17-14-3-1-13(2-4-14)16(18)7-8-19-9-11-20(12-10-19)15-5-6-15/h1-4,15-16H,5-12,18H2. The lowest BCUT2D eigenvalue weighted by atomic mass is 10.0. The van der Waals surface area contributed by atoms with Crippen LogP contribution >= 0.6 is 15.9 Å². The van der Waals surface area contributed by atoms with Gasteiger partial charge in [-0.15, -0.1) is 0 Å². The maximum Gasteiger partial charge on any atom is 0.0307 e. The van der Waals surface area contributed by atoms with Crippen molar-refractivity contribution in [2.24, 2.45) is 5.73 Å². The molecule has 0 radical (unpaired) electrons. The average molecular weight is 338 g/mol. The van der Waals surface area contributed by atoms with Crippen molar-refractivity contribution in [3.8, 4) is 0 Å². The molecule has 3 nitrogen and oxygen atoms in total. The third-order valence-corrected chi connectivity index (χ3v) is 5.05. The van der Waals surface area contributed by atoms with Crippen LogP contribution in [-0.2, 0) is 0 Å². The van der Waals surface area contributed by atoms with Gasteiger partial charge in [0.2, 0.25) is 0 Å². The maximum absolute atomic E-state index is 6.30. The van der Waals surface area contributed by atoms with Crippen molar-refractivity contribution in [1.82, 2.24) is 9.80 Å². The number of hydrogen-bond acceptors (Lipinski definition) is 3. The lowest BCUT2D eigenvalue weighted by Crippen LogP contribution is -2.47. The molecule has 1 saturated carbocycles. The molecule has 0 spiro atoms. The van der Waals surface area contributed by atoms with Crippen LogP contribution in [0.3, 0.4) is 0 Å². The van der Waals surface area contributed by atoms with E-state index in [9.17, 15) is 0 Å². The minimum absolute atomic E-state index is 0.157. The smallest absolute Gasteiger partial charge is 0.0307 e. The zero-order valence-corrected chi connectivity index (χ0v) is 13.6. The van der Waals surface area contributed by atoms with E-state index in [4.69, 9.17) is 5.73 Å². The first-order valence-corrected chi connectivity index (χ1v) is 8.49. The van der Waals surface area contributed by atoms with Crippen molar-refractivity contribution in [2.45, 2.75) is 31.3 Å². The molecule has 1 heterocycles. The number of benzene rings is 1. The van der Waals surface area contributed by atoms with Gasteiger partial charge in [-0.3, -0.25) is 4.90 Å². The van der Waals surface area contributed by atoms with Gasteiger partial charge in [0.05, 0.1) is 0 Å². The summed E-state index contributed by atoms with van der Waals surface area (Å²) in [7, 11) is 0. The second-order valence-electron chi connectivity index (χ2n) is 6.06. The number of halogens is 1. The second-order valence-corrected chi connectivity index (χ2v) is 6.97. The largest absolute Gasteiger partial charge is 0.324 e. The number of piperazine rings is 1. The first-order valence-electron chi connectivity index (χ1n) is 7.70. The Labute approximate surface area is 130 Å². The number of nitrogens with zero attached hydrogens (tertiary/aromatic N) is 2. The maximum atomic E-state index is 6.30. The molecule has 2 aliphatic rings. The molecule has 1 aliphatic carbocycles. The third-order valence-electron chi connectivity index (χ3n) is 4.52. The summed E-state index contributed by atoms with van der Waals surface area (Å²) >= 11 is 3.46. The molecule has 0 aromatic heterocycles. The predicted octanol–water partition coefficient (Wildman–Crippen LogP) is 2.62. The molecular weight excluding hydrogens is 314 g/mol. The second kappa shape index (κ2) is 6.56. The Kier molecular flexibility index (Phi) is 4.76. The van der Waals surface area contributed by atoms with E-state index in [-0.39, 0.29) is 6.04 Å². The van der Waals surface area contributed by atoms with Crippen LogP contribution in [0.2, 0.25) is 0 Å². The molecule has 20 heavy (non-hydrogen) atoms. The van der Waals surface area contributed by atoms with E-state index in [1.807, 2.05) is 0 Å². The molecular formula is C16H24BrN3. The zero-order valence-electron chi connectivity index (χ0n) is 12.0. The SMILES string of the molecule is NC(CCN1CCN(C2CC2)CC1)c1ccc(Br)cc1. The molecule has 3 rings (SSSR count). The lowest BCUT2D eigenvalue weighted by molar-refractivity contribution is 0.124. The molecule has 1 aromatic rings. The van der Waals surface area contributed by atoms with Crippen molar-refractivity contribution in [2.75, 3.05) is 32.7 Å². The monoisotopic (exact) mass is 337 g/mol. The molecule has 2 N–H and O–H groups in total. The van der Waals surface area contributed by atoms with Gasteiger partial charge in [0, 0.05) is 49.3 Å². The van der Waals surface area contributed by atoms with Gasteiger partial charge in [0.15, 0.2) is 0 Å². The molecule has 0 bridgehead atoms. The van der Waals surface area contributed by atoms with Gasteiger partial charge in [0.25, 0.3) is 0 Å². The molecule has 1 unspecified atom stereocenters. The molecule has 1 atom stereocenters. The molecule has 2 fully saturated rings. The Balaban J connectivity index is 1.41. The molecule has 0 amide bonds. The van der Waals surface area contributed by atoms with Gasteiger partial charge in [-0.1, -0.05) is 28.1 Å². The van der Waals surface area contributed by atoms with Crippen LogP contribution in [0.5, 0.6) is 0 Å². The summed E-state index contributed by atoms with van der Waals surface area (Å²) < 4.78 is 1.12. The molecule has 110 valence electrons. The minimum Gasteiger partial charge on any atom is -0.324 e. The highest BCUT2D eigenvalue weighted by molar-refractivity contribution is 9.10. The van der Waals surface area contributed by atoms with Crippen molar-refractivity contribution in [3.05, 3.63) is 34.3 Å². The Morgan fingerprint density at radius 1 is 1.10 bits per heavy atom. The highest BCUT2D eigenvalue weighted by Crippen LogP contribution is 2.27. The molecule has 1 aliphatic heterocycles. The zero-order chi connectivity index (χ0) is 13.9. The highest BCUT2D eigenvalue weighted by Gasteiger charge is 2.31. The first kappa shape index (κ1) is 14.5. The lowest BCUT2D eigenvalue weighted by Gasteiger charge is -2.35. The molecule has 4 heteroatoms. The van der Waals surface area contributed by atoms with Gasteiger partial charge in [-0.25, -0.2) is 0 Å². The van der Waals surface area contributed by atoms with Crippen LogP contribution in [0.1, 0.15) is 30.9 Å². The Morgan fingerprint density at radius 2 is 1.75 bits per heavy atom. The van der Waals surface area contributed by atoms with Crippen molar-refractivity contribution < 1.29 is 0 Å². The summed E-state index contributed by atoms with van der Waals surface area (Å²) in [6.45, 7) is 6.04. The van der Waals surface area contributed by atoms with E-state index < -0.39 is 0 Å². The van der Waals surface area contributed by atoms with E-state index in [1.54, 1.807) is 0 Å². The fraction of sp³-hybridized carbons (Fsp3) is 0.625. The van der Waals surface area contributed by atoms with Crippen molar-refractivity contribution >= 4 is 15.9 Å². The Bertz CT molecular complexity index is 422. The first-order chi connectivity index (χ1) is 9.72. The van der Waals surface area contributed by atoms with Crippen LogP contribution in [0.25, 0.3) is 0 Å². The average Bonchev–Trinajstić information content (AvgIpc) is 3.31. The fourth-order valence-electron chi connectivity index (χ4n) is 2.99. The summed E-state index contributed by atoms with van der Waals surface area (Å²) in [4.78, 5) is 5.22. The number of hydrogen-bond donors (Lipinski definition) is 1. The van der Waals surface area contributed by atoms with Gasteiger partial charge < -0.3 is 10.6 Å². The van der Waals surface area contributed by atoms with Crippen molar-refractivity contribution in [1.29, 1.82) is 0 Å². The van der Waals surface area contributed by atoms with Crippen LogP contribution in [0.4, 0.5) is 0 Å².